The van der Waals surface area contributed by atoms with Crippen LogP contribution in [-0.4, -0.2) is 54.1 Å². The lowest BCUT2D eigenvalue weighted by Crippen LogP contribution is -2.31. The molecule has 4 rings (SSSR count). The van der Waals surface area contributed by atoms with E-state index in [4.69, 9.17) is 32.7 Å². The number of nitrogens with one attached hydrogen (secondary N) is 1. The van der Waals surface area contributed by atoms with Gasteiger partial charge in [-0.05, 0) is 24.6 Å². The second kappa shape index (κ2) is 9.47. The number of fused-ring (bicyclic) bond motifs is 1. The van der Waals surface area contributed by atoms with Crippen LogP contribution < -0.4 is 4.74 Å². The molecule has 9 heteroatoms. The Morgan fingerprint density at radius 1 is 1.18 bits per heavy atom. The first-order valence-corrected chi connectivity index (χ1v) is 11.0. The molecule has 2 aromatic carbocycles. The molecule has 1 unspecified atom stereocenters. The van der Waals surface area contributed by atoms with Crippen LogP contribution in [0.15, 0.2) is 48.2 Å². The minimum absolute atomic E-state index is 0.0567. The summed E-state index contributed by atoms with van der Waals surface area (Å²) in [4.78, 5) is 30.9. The van der Waals surface area contributed by atoms with Gasteiger partial charge < -0.3 is 24.5 Å². The Labute approximate surface area is 200 Å². The molecule has 0 saturated carbocycles. The number of aromatic amines is 1. The number of benzene rings is 2. The van der Waals surface area contributed by atoms with Gasteiger partial charge in [-0.2, -0.15) is 0 Å². The molecule has 2 heterocycles. The topological polar surface area (TPSA) is 91.9 Å². The Morgan fingerprint density at radius 2 is 1.94 bits per heavy atom. The first-order valence-electron chi connectivity index (χ1n) is 10.3. The number of Topliss-reactive ketones (excluding diaryl/α,β-unsaturated/α-hetero) is 1. The standard InChI is InChI=1S/C24H22Cl2N2O5/c1-32-9-5-8-28-20(16-12-27-18-7-4-3-6-14(16)18)19(22(30)24(28)31)21(29)15-10-13(25)11-17(26)23(15)33-2/h3-4,6-7,10-12,20,27,29H,5,8-9H2,1-2H3/b21-19+. The summed E-state index contributed by atoms with van der Waals surface area (Å²) in [6, 6.07) is 9.66. The Hall–Kier alpha value is -3.00. The Morgan fingerprint density at radius 3 is 2.67 bits per heavy atom. The fraction of sp³-hybridized carbons (Fsp3) is 0.250. The van der Waals surface area contributed by atoms with Crippen LogP contribution in [0.3, 0.4) is 0 Å². The third kappa shape index (κ3) is 4.08. The van der Waals surface area contributed by atoms with Crippen molar-refractivity contribution in [2.24, 2.45) is 0 Å². The first-order chi connectivity index (χ1) is 15.9. The average molecular weight is 489 g/mol. The molecule has 1 aliphatic rings. The van der Waals surface area contributed by atoms with Crippen LogP contribution in [0.5, 0.6) is 5.75 Å². The number of aromatic nitrogens is 1. The van der Waals surface area contributed by atoms with E-state index in [1.807, 2.05) is 24.3 Å². The lowest BCUT2D eigenvalue weighted by molar-refractivity contribution is -0.140. The van der Waals surface area contributed by atoms with E-state index < -0.39 is 23.5 Å². The summed E-state index contributed by atoms with van der Waals surface area (Å²) >= 11 is 12.4. The van der Waals surface area contributed by atoms with Crippen LogP contribution in [0.1, 0.15) is 23.6 Å². The van der Waals surface area contributed by atoms with Gasteiger partial charge in [-0.1, -0.05) is 41.4 Å². The van der Waals surface area contributed by atoms with E-state index in [1.54, 1.807) is 13.3 Å². The second-order valence-corrected chi connectivity index (χ2v) is 8.44. The molecule has 1 aromatic heterocycles. The molecule has 1 aliphatic heterocycles. The van der Waals surface area contributed by atoms with Gasteiger partial charge in [-0.15, -0.1) is 0 Å². The van der Waals surface area contributed by atoms with Crippen LogP contribution in [0.25, 0.3) is 16.7 Å². The third-order valence-corrected chi connectivity index (χ3v) is 6.17. The molecule has 1 saturated heterocycles. The van der Waals surface area contributed by atoms with Crippen LogP contribution in [0, 0.1) is 0 Å². The van der Waals surface area contributed by atoms with Gasteiger partial charge in [-0.25, -0.2) is 0 Å². The molecule has 0 aliphatic carbocycles. The highest BCUT2D eigenvalue weighted by molar-refractivity contribution is 6.47. The third-order valence-electron chi connectivity index (χ3n) is 5.67. The number of hydrogen-bond donors (Lipinski definition) is 2. The zero-order valence-electron chi connectivity index (χ0n) is 18.0. The second-order valence-electron chi connectivity index (χ2n) is 7.60. The Bertz CT molecular complexity index is 1270. The fourth-order valence-corrected chi connectivity index (χ4v) is 4.79. The lowest BCUT2D eigenvalue weighted by atomic mass is 9.94. The van der Waals surface area contributed by atoms with Crippen LogP contribution >= 0.6 is 23.2 Å². The molecular formula is C24H22Cl2N2O5. The van der Waals surface area contributed by atoms with Gasteiger partial charge in [0.2, 0.25) is 0 Å². The molecule has 33 heavy (non-hydrogen) atoms. The summed E-state index contributed by atoms with van der Waals surface area (Å²) in [7, 11) is 2.97. The van der Waals surface area contributed by atoms with Crippen molar-refractivity contribution in [3.05, 3.63) is 69.3 Å². The van der Waals surface area contributed by atoms with Crippen molar-refractivity contribution in [3.63, 3.8) is 0 Å². The predicted octanol–water partition coefficient (Wildman–Crippen LogP) is 4.94. The van der Waals surface area contributed by atoms with E-state index in [0.717, 1.165) is 10.9 Å². The van der Waals surface area contributed by atoms with Crippen LogP contribution in [0.2, 0.25) is 10.0 Å². The zero-order chi connectivity index (χ0) is 23.7. The number of rotatable bonds is 7. The van der Waals surface area contributed by atoms with Gasteiger partial charge in [0.25, 0.3) is 11.7 Å². The van der Waals surface area contributed by atoms with Crippen molar-refractivity contribution in [3.8, 4) is 5.75 Å². The van der Waals surface area contributed by atoms with Gasteiger partial charge >= 0.3 is 0 Å². The van der Waals surface area contributed by atoms with Gasteiger partial charge in [0.05, 0.1) is 29.3 Å². The minimum atomic E-state index is -0.819. The molecule has 2 N–H and O–H groups in total. The fourth-order valence-electron chi connectivity index (χ4n) is 4.22. The van der Waals surface area contributed by atoms with Crippen molar-refractivity contribution in [2.75, 3.05) is 27.4 Å². The number of aliphatic hydroxyl groups excluding tert-OH is 1. The number of hydrogen-bond acceptors (Lipinski definition) is 5. The van der Waals surface area contributed by atoms with E-state index in [9.17, 15) is 14.7 Å². The summed E-state index contributed by atoms with van der Waals surface area (Å²) in [5.41, 5.74) is 1.61. The molecule has 7 nitrogen and oxygen atoms in total. The maximum absolute atomic E-state index is 13.2. The van der Waals surface area contributed by atoms with Gasteiger partial charge in [0.15, 0.2) is 0 Å². The number of nitrogens with zero attached hydrogens (tertiary/aromatic N) is 1. The summed E-state index contributed by atoms with van der Waals surface area (Å²) in [6.07, 6.45) is 2.27. The molecule has 172 valence electrons. The van der Waals surface area contributed by atoms with E-state index in [0.29, 0.717) is 18.6 Å². The number of carbonyl (C=O) groups excluding carboxylic acids is 2. The number of carbonyl (C=O) groups is 2. The molecular weight excluding hydrogens is 467 g/mol. The van der Waals surface area contributed by atoms with Crippen LogP contribution in [-0.2, 0) is 14.3 Å². The van der Waals surface area contributed by atoms with Crippen molar-refractivity contribution in [1.29, 1.82) is 0 Å². The van der Waals surface area contributed by atoms with E-state index in [1.165, 1.54) is 24.1 Å². The van der Waals surface area contributed by atoms with Gasteiger partial charge in [0.1, 0.15) is 11.5 Å². The summed E-state index contributed by atoms with van der Waals surface area (Å²) in [5, 5.41) is 12.6. The monoisotopic (exact) mass is 488 g/mol. The molecule has 0 spiro atoms. The van der Waals surface area contributed by atoms with Crippen molar-refractivity contribution in [1.82, 2.24) is 9.88 Å². The highest BCUT2D eigenvalue weighted by Gasteiger charge is 2.47. The molecule has 3 aromatic rings. The smallest absolute Gasteiger partial charge is 0.295 e. The van der Waals surface area contributed by atoms with E-state index in [-0.39, 0.29) is 33.5 Å². The van der Waals surface area contributed by atoms with Crippen molar-refractivity contribution in [2.45, 2.75) is 12.5 Å². The number of aliphatic hydroxyl groups is 1. The number of methoxy groups -OCH3 is 2. The molecule has 0 bridgehead atoms. The highest BCUT2D eigenvalue weighted by atomic mass is 35.5. The summed E-state index contributed by atoms with van der Waals surface area (Å²) < 4.78 is 10.5. The number of H-pyrrole nitrogens is 1. The summed E-state index contributed by atoms with van der Waals surface area (Å²) in [5.74, 6) is -1.74. The molecule has 0 radical (unpaired) electrons. The Kier molecular flexibility index (Phi) is 6.65. The van der Waals surface area contributed by atoms with Crippen LogP contribution in [0.4, 0.5) is 0 Å². The van der Waals surface area contributed by atoms with E-state index >= 15 is 0 Å². The SMILES string of the molecule is COCCCN1C(=O)C(=O)/C(=C(/O)c2cc(Cl)cc(Cl)c2OC)C1c1c[nH]c2ccccc12. The van der Waals surface area contributed by atoms with Gasteiger partial charge in [0, 0.05) is 47.9 Å². The maximum Gasteiger partial charge on any atom is 0.295 e. The Balaban J connectivity index is 1.95. The largest absolute Gasteiger partial charge is 0.507 e. The number of amides is 1. The number of halogens is 2. The predicted molar refractivity (Wildman–Crippen MR) is 127 cm³/mol. The zero-order valence-corrected chi connectivity index (χ0v) is 19.5. The number of likely N-dealkylation sites (tertiary alicyclic amines) is 1. The first kappa shape index (κ1) is 23.2. The minimum Gasteiger partial charge on any atom is -0.507 e. The van der Waals surface area contributed by atoms with Crippen molar-refractivity contribution < 1.29 is 24.2 Å². The normalized spacial score (nSPS) is 17.8. The lowest BCUT2D eigenvalue weighted by Gasteiger charge is -2.25. The molecule has 1 atom stereocenters. The number of ether oxygens (including phenoxy) is 2. The highest BCUT2D eigenvalue weighted by Crippen LogP contribution is 2.44. The quantitative estimate of drug-likeness (QED) is 0.212. The average Bonchev–Trinajstić information content (AvgIpc) is 3.32. The number of para-hydroxylation sites is 1. The van der Waals surface area contributed by atoms with Crippen molar-refractivity contribution >= 4 is 51.6 Å². The molecule has 1 amide bonds. The summed E-state index contributed by atoms with van der Waals surface area (Å²) in [6.45, 7) is 0.689. The van der Waals surface area contributed by atoms with E-state index in [2.05, 4.69) is 4.98 Å². The van der Waals surface area contributed by atoms with Gasteiger partial charge in [-0.3, -0.25) is 9.59 Å². The maximum atomic E-state index is 13.2. The molecule has 1 fully saturated rings. The number of ketones is 1.